The lowest BCUT2D eigenvalue weighted by Gasteiger charge is -2.16. The van der Waals surface area contributed by atoms with Gasteiger partial charge in [0.05, 0.1) is 18.1 Å². The highest BCUT2D eigenvalue weighted by Crippen LogP contribution is 2.38. The zero-order chi connectivity index (χ0) is 21.3. The predicted octanol–water partition coefficient (Wildman–Crippen LogP) is 5.81. The van der Waals surface area contributed by atoms with E-state index in [1.54, 1.807) is 49.7 Å². The minimum absolute atomic E-state index is 0.193. The summed E-state index contributed by atoms with van der Waals surface area (Å²) in [7, 11) is 1.57. The van der Waals surface area contributed by atoms with E-state index in [1.165, 1.54) is 12.8 Å². The number of nitrogens with one attached hydrogen (secondary N) is 1. The molecule has 1 unspecified atom stereocenters. The monoisotopic (exact) mass is 425 g/mol. The number of aromatic amines is 1. The summed E-state index contributed by atoms with van der Waals surface area (Å²) in [5.41, 5.74) is 2.33. The van der Waals surface area contributed by atoms with Crippen LogP contribution in [0.25, 0.3) is 10.9 Å². The molecule has 5 nitrogen and oxygen atoms in total. The molecule has 30 heavy (non-hydrogen) atoms. The summed E-state index contributed by atoms with van der Waals surface area (Å²) in [5, 5.41) is 10.9. The molecule has 0 bridgehead atoms. The van der Waals surface area contributed by atoms with Crippen LogP contribution in [-0.4, -0.2) is 29.0 Å². The number of carboxylic acids is 1. The third-order valence-corrected chi connectivity index (χ3v) is 6.43. The van der Waals surface area contributed by atoms with Crippen LogP contribution in [0.2, 0.25) is 5.02 Å². The van der Waals surface area contributed by atoms with Gasteiger partial charge in [0.25, 0.3) is 0 Å². The standard InChI is InChI=1S/C24H24ClNO4/c1-30-16-8-6-15(7-9-16)23(27)19-12-22-17(11-21(19)25)20(13-26-22)18(24(28)29)10-14-4-2-3-5-14/h6-9,11-14,18,26H,2-5,10H2,1H3,(H,28,29). The van der Waals surface area contributed by atoms with Crippen LogP contribution >= 0.6 is 11.6 Å². The lowest BCUT2D eigenvalue weighted by molar-refractivity contribution is -0.139. The predicted molar refractivity (Wildman–Crippen MR) is 117 cm³/mol. The van der Waals surface area contributed by atoms with E-state index in [1.807, 2.05) is 0 Å². The number of aliphatic carboxylic acids is 1. The summed E-state index contributed by atoms with van der Waals surface area (Å²) in [6, 6.07) is 10.3. The van der Waals surface area contributed by atoms with Crippen molar-refractivity contribution in [2.24, 2.45) is 5.92 Å². The average molecular weight is 426 g/mol. The summed E-state index contributed by atoms with van der Waals surface area (Å²) in [4.78, 5) is 28.1. The Morgan fingerprint density at radius 2 is 1.90 bits per heavy atom. The normalized spacial score (nSPS) is 15.4. The fourth-order valence-electron chi connectivity index (χ4n) is 4.47. The average Bonchev–Trinajstić information content (AvgIpc) is 3.40. The largest absolute Gasteiger partial charge is 0.497 e. The molecule has 0 spiro atoms. The van der Waals surface area contributed by atoms with Crippen molar-refractivity contribution in [2.45, 2.75) is 38.0 Å². The summed E-state index contributed by atoms with van der Waals surface area (Å²) >= 11 is 6.48. The highest BCUT2D eigenvalue weighted by molar-refractivity contribution is 6.36. The van der Waals surface area contributed by atoms with Gasteiger partial charge in [0.1, 0.15) is 5.75 Å². The molecule has 4 rings (SSSR count). The van der Waals surface area contributed by atoms with Gasteiger partial charge in [-0.05, 0) is 54.3 Å². The number of H-pyrrole nitrogens is 1. The smallest absolute Gasteiger partial charge is 0.311 e. The SMILES string of the molecule is COc1ccc(C(=O)c2cc3[nH]cc(C(CC4CCCC4)C(=O)O)c3cc2Cl)cc1. The number of halogens is 1. The van der Waals surface area contributed by atoms with Gasteiger partial charge >= 0.3 is 5.97 Å². The number of rotatable bonds is 7. The number of hydrogen-bond donors (Lipinski definition) is 2. The molecule has 0 amide bonds. The van der Waals surface area contributed by atoms with Crippen LogP contribution in [0.1, 0.15) is 59.5 Å². The number of hydrogen-bond acceptors (Lipinski definition) is 3. The van der Waals surface area contributed by atoms with E-state index in [0.717, 1.165) is 23.8 Å². The Kier molecular flexibility index (Phi) is 5.82. The number of ketones is 1. The van der Waals surface area contributed by atoms with Crippen molar-refractivity contribution in [3.05, 3.63) is 64.3 Å². The molecule has 1 fully saturated rings. The van der Waals surface area contributed by atoms with Crippen molar-refractivity contribution < 1.29 is 19.4 Å². The molecule has 1 saturated carbocycles. The number of aromatic nitrogens is 1. The second-order valence-electron chi connectivity index (χ2n) is 7.96. The molecule has 0 saturated heterocycles. The fourth-order valence-corrected chi connectivity index (χ4v) is 4.71. The lowest BCUT2D eigenvalue weighted by Crippen LogP contribution is -2.14. The van der Waals surface area contributed by atoms with E-state index in [0.29, 0.717) is 39.8 Å². The van der Waals surface area contributed by atoms with E-state index in [-0.39, 0.29) is 5.78 Å². The molecule has 2 N–H and O–H groups in total. The summed E-state index contributed by atoms with van der Waals surface area (Å²) in [6.07, 6.45) is 6.91. The highest BCUT2D eigenvalue weighted by Gasteiger charge is 2.29. The number of benzene rings is 2. The first-order valence-electron chi connectivity index (χ1n) is 10.2. The molecule has 0 radical (unpaired) electrons. The molecule has 0 aliphatic heterocycles. The van der Waals surface area contributed by atoms with Crippen LogP contribution in [0.5, 0.6) is 5.75 Å². The maximum absolute atomic E-state index is 13.0. The van der Waals surface area contributed by atoms with Gasteiger partial charge in [0, 0.05) is 28.2 Å². The number of methoxy groups -OCH3 is 1. The molecular formula is C24H24ClNO4. The Morgan fingerprint density at radius 3 is 2.53 bits per heavy atom. The maximum Gasteiger partial charge on any atom is 0.311 e. The number of carboxylic acid groups (broad SMARTS) is 1. The van der Waals surface area contributed by atoms with Crippen molar-refractivity contribution >= 4 is 34.3 Å². The van der Waals surface area contributed by atoms with Gasteiger partial charge in [-0.3, -0.25) is 9.59 Å². The van der Waals surface area contributed by atoms with Crippen LogP contribution in [0.15, 0.2) is 42.6 Å². The van der Waals surface area contributed by atoms with Crippen molar-refractivity contribution in [1.29, 1.82) is 0 Å². The Hall–Kier alpha value is -2.79. The zero-order valence-corrected chi connectivity index (χ0v) is 17.5. The topological polar surface area (TPSA) is 79.4 Å². The Morgan fingerprint density at radius 1 is 1.20 bits per heavy atom. The van der Waals surface area contributed by atoms with E-state index in [2.05, 4.69) is 4.98 Å². The quantitative estimate of drug-likeness (QED) is 0.468. The Labute approximate surface area is 180 Å². The third-order valence-electron chi connectivity index (χ3n) is 6.12. The van der Waals surface area contributed by atoms with Crippen LogP contribution < -0.4 is 4.74 Å². The fraction of sp³-hybridized carbons (Fsp3) is 0.333. The molecule has 1 aliphatic carbocycles. The van der Waals surface area contributed by atoms with Gasteiger partial charge < -0.3 is 14.8 Å². The minimum atomic E-state index is -0.822. The second kappa shape index (κ2) is 8.52. The first-order chi connectivity index (χ1) is 14.5. The Balaban J connectivity index is 1.67. The van der Waals surface area contributed by atoms with Crippen molar-refractivity contribution in [2.75, 3.05) is 7.11 Å². The number of carbonyl (C=O) groups excluding carboxylic acids is 1. The first-order valence-corrected chi connectivity index (χ1v) is 10.6. The van der Waals surface area contributed by atoms with E-state index < -0.39 is 11.9 Å². The summed E-state index contributed by atoms with van der Waals surface area (Å²) in [6.45, 7) is 0. The molecule has 1 aliphatic rings. The molecule has 1 aromatic heterocycles. The van der Waals surface area contributed by atoms with Crippen molar-refractivity contribution in [3.8, 4) is 5.75 Å². The molecule has 2 aromatic carbocycles. The van der Waals surface area contributed by atoms with E-state index in [4.69, 9.17) is 16.3 Å². The number of carbonyl (C=O) groups is 2. The highest BCUT2D eigenvalue weighted by atomic mass is 35.5. The van der Waals surface area contributed by atoms with Crippen LogP contribution in [0, 0.1) is 5.92 Å². The third kappa shape index (κ3) is 3.94. The molecule has 156 valence electrons. The van der Waals surface area contributed by atoms with Gasteiger partial charge in [-0.15, -0.1) is 0 Å². The molecular weight excluding hydrogens is 402 g/mol. The van der Waals surface area contributed by atoms with Crippen LogP contribution in [0.3, 0.4) is 0 Å². The van der Waals surface area contributed by atoms with Gasteiger partial charge in [-0.1, -0.05) is 37.3 Å². The van der Waals surface area contributed by atoms with Gasteiger partial charge in [-0.25, -0.2) is 0 Å². The number of ether oxygens (including phenoxy) is 1. The van der Waals surface area contributed by atoms with Crippen LogP contribution in [0.4, 0.5) is 0 Å². The molecule has 1 atom stereocenters. The minimum Gasteiger partial charge on any atom is -0.497 e. The lowest BCUT2D eigenvalue weighted by atomic mass is 9.87. The summed E-state index contributed by atoms with van der Waals surface area (Å²) < 4.78 is 5.14. The van der Waals surface area contributed by atoms with Gasteiger partial charge in [0.2, 0.25) is 0 Å². The molecule has 1 heterocycles. The maximum atomic E-state index is 13.0. The van der Waals surface area contributed by atoms with E-state index in [9.17, 15) is 14.7 Å². The van der Waals surface area contributed by atoms with Crippen molar-refractivity contribution in [3.63, 3.8) is 0 Å². The molecule has 3 aromatic rings. The zero-order valence-electron chi connectivity index (χ0n) is 16.8. The van der Waals surface area contributed by atoms with Crippen LogP contribution in [-0.2, 0) is 4.79 Å². The van der Waals surface area contributed by atoms with Gasteiger partial charge in [-0.2, -0.15) is 0 Å². The second-order valence-corrected chi connectivity index (χ2v) is 8.36. The van der Waals surface area contributed by atoms with Crippen molar-refractivity contribution in [1.82, 2.24) is 4.98 Å². The number of fused-ring (bicyclic) bond motifs is 1. The van der Waals surface area contributed by atoms with E-state index >= 15 is 0 Å². The molecule has 6 heteroatoms. The Bertz CT molecular complexity index is 1080. The first kappa shape index (κ1) is 20.5. The summed E-state index contributed by atoms with van der Waals surface area (Å²) in [5.74, 6) is -0.480. The van der Waals surface area contributed by atoms with Gasteiger partial charge in [0.15, 0.2) is 5.78 Å².